The molecule has 110 valence electrons. The number of aliphatic imine (C=N–C) groups is 1. The van der Waals surface area contributed by atoms with E-state index in [9.17, 15) is 5.26 Å². The summed E-state index contributed by atoms with van der Waals surface area (Å²) in [6.45, 7) is 0.671. The van der Waals surface area contributed by atoms with Crippen LogP contribution < -0.4 is 9.47 Å². The monoisotopic (exact) mass is 285 g/mol. The van der Waals surface area contributed by atoms with E-state index in [4.69, 9.17) is 9.47 Å². The van der Waals surface area contributed by atoms with E-state index in [1.807, 2.05) is 31.1 Å². The van der Waals surface area contributed by atoms with Gasteiger partial charge in [-0.2, -0.15) is 5.26 Å². The number of benzene rings is 1. The summed E-state index contributed by atoms with van der Waals surface area (Å²) >= 11 is 0. The minimum absolute atomic E-state index is 0.549. The van der Waals surface area contributed by atoms with Gasteiger partial charge in [0, 0.05) is 32.4 Å². The third kappa shape index (κ3) is 3.00. The van der Waals surface area contributed by atoms with Crippen LogP contribution in [0.1, 0.15) is 11.1 Å². The maximum Gasteiger partial charge on any atom is 0.161 e. The van der Waals surface area contributed by atoms with Crippen LogP contribution in [0.15, 0.2) is 28.9 Å². The summed E-state index contributed by atoms with van der Waals surface area (Å²) in [5, 5.41) is 9.40. The number of ether oxygens (including phenoxy) is 2. The van der Waals surface area contributed by atoms with E-state index in [1.54, 1.807) is 20.4 Å². The van der Waals surface area contributed by atoms with Crippen LogP contribution in [0.25, 0.3) is 0 Å². The largest absolute Gasteiger partial charge is 0.493 e. The van der Waals surface area contributed by atoms with Gasteiger partial charge in [-0.05, 0) is 24.1 Å². The average molecular weight is 285 g/mol. The van der Waals surface area contributed by atoms with Gasteiger partial charge in [-0.1, -0.05) is 0 Å². The van der Waals surface area contributed by atoms with Crippen molar-refractivity contribution < 1.29 is 9.47 Å². The Morgan fingerprint density at radius 1 is 1.29 bits per heavy atom. The Morgan fingerprint density at radius 3 is 2.52 bits per heavy atom. The summed E-state index contributed by atoms with van der Waals surface area (Å²) in [5.41, 5.74) is 3.33. The van der Waals surface area contributed by atoms with Crippen LogP contribution in [0.4, 0.5) is 0 Å². The summed E-state index contributed by atoms with van der Waals surface area (Å²) in [6, 6.07) is 6.09. The van der Waals surface area contributed by atoms with Crippen LogP contribution in [0.2, 0.25) is 0 Å². The first-order valence-electron chi connectivity index (χ1n) is 6.69. The first-order chi connectivity index (χ1) is 10.1. The van der Waals surface area contributed by atoms with E-state index in [2.05, 4.69) is 11.1 Å². The maximum atomic E-state index is 9.40. The fraction of sp³-hybridized carbons (Fsp3) is 0.375. The summed E-state index contributed by atoms with van der Waals surface area (Å²) < 4.78 is 10.7. The van der Waals surface area contributed by atoms with Crippen molar-refractivity contribution in [3.8, 4) is 17.6 Å². The molecule has 1 aliphatic heterocycles. The number of allylic oxidation sites excluding steroid dienone is 1. The van der Waals surface area contributed by atoms with E-state index < -0.39 is 0 Å². The molecule has 0 aliphatic carbocycles. The topological polar surface area (TPSA) is 57.9 Å². The molecule has 0 unspecified atom stereocenters. The van der Waals surface area contributed by atoms with Gasteiger partial charge in [-0.25, -0.2) is 0 Å². The van der Waals surface area contributed by atoms with Gasteiger partial charge in [-0.15, -0.1) is 0 Å². The molecule has 21 heavy (non-hydrogen) atoms. The number of nitriles is 1. The van der Waals surface area contributed by atoms with Crippen LogP contribution >= 0.6 is 0 Å². The second-order valence-corrected chi connectivity index (χ2v) is 4.96. The Bertz CT molecular complexity index is 640. The molecule has 1 heterocycles. The first-order valence-corrected chi connectivity index (χ1v) is 6.69. The van der Waals surface area contributed by atoms with Crippen LogP contribution in [-0.4, -0.2) is 45.5 Å². The molecule has 0 aromatic heterocycles. The van der Waals surface area contributed by atoms with Crippen LogP contribution in [0.3, 0.4) is 0 Å². The fourth-order valence-electron chi connectivity index (χ4n) is 2.35. The zero-order valence-corrected chi connectivity index (χ0v) is 12.8. The Hall–Kier alpha value is -2.48. The standard InChI is InChI=1S/C16H19N3O2/c1-19(2)10-12(9-17)16-13-8-15(21-4)14(20-3)7-11(13)5-6-18-16/h7-8,10H,5-6H2,1-4H3/b12-10-. The summed E-state index contributed by atoms with van der Waals surface area (Å²) in [7, 11) is 6.99. The predicted octanol–water partition coefficient (Wildman–Crippen LogP) is 2.02. The predicted molar refractivity (Wildman–Crippen MR) is 82.0 cm³/mol. The lowest BCUT2D eigenvalue weighted by atomic mass is 9.93. The van der Waals surface area contributed by atoms with Crippen molar-refractivity contribution in [2.45, 2.75) is 6.42 Å². The van der Waals surface area contributed by atoms with Gasteiger partial charge in [0.1, 0.15) is 6.07 Å². The normalized spacial score (nSPS) is 13.9. The highest BCUT2D eigenvalue weighted by Crippen LogP contribution is 2.33. The summed E-state index contributed by atoms with van der Waals surface area (Å²) in [5.74, 6) is 1.35. The van der Waals surface area contributed by atoms with E-state index in [0.29, 0.717) is 29.3 Å². The maximum absolute atomic E-state index is 9.40. The Labute approximate surface area is 125 Å². The SMILES string of the molecule is COc1cc2c(cc1OC)C(/C(C#N)=C\N(C)C)=NCC2. The highest BCUT2D eigenvalue weighted by molar-refractivity contribution is 6.16. The van der Waals surface area contributed by atoms with Crippen LogP contribution in [0.5, 0.6) is 11.5 Å². The number of fused-ring (bicyclic) bond motifs is 1. The van der Waals surface area contributed by atoms with Gasteiger partial charge in [0.2, 0.25) is 0 Å². The third-order valence-corrected chi connectivity index (χ3v) is 3.28. The first kappa shape index (κ1) is 14.9. The zero-order valence-electron chi connectivity index (χ0n) is 12.8. The summed E-state index contributed by atoms with van der Waals surface area (Å²) in [4.78, 5) is 6.37. The molecule has 0 radical (unpaired) electrons. The molecule has 5 nitrogen and oxygen atoms in total. The second kappa shape index (κ2) is 6.31. The van der Waals surface area contributed by atoms with Crippen molar-refractivity contribution in [3.63, 3.8) is 0 Å². The van der Waals surface area contributed by atoms with Crippen LogP contribution in [0, 0.1) is 11.3 Å². The minimum atomic E-state index is 0.549. The Balaban J connectivity index is 2.56. The highest BCUT2D eigenvalue weighted by atomic mass is 16.5. The fourth-order valence-corrected chi connectivity index (χ4v) is 2.35. The molecule has 0 saturated carbocycles. The molecular weight excluding hydrogens is 266 g/mol. The summed E-state index contributed by atoms with van der Waals surface area (Å²) in [6.07, 6.45) is 2.62. The molecule has 0 atom stereocenters. The second-order valence-electron chi connectivity index (χ2n) is 4.96. The van der Waals surface area contributed by atoms with Gasteiger partial charge < -0.3 is 14.4 Å². The zero-order chi connectivity index (χ0) is 15.4. The quantitative estimate of drug-likeness (QED) is 0.794. The van der Waals surface area contributed by atoms with E-state index in [1.165, 1.54) is 0 Å². The van der Waals surface area contributed by atoms with Gasteiger partial charge in [-0.3, -0.25) is 4.99 Å². The molecule has 1 aromatic rings. The Morgan fingerprint density at radius 2 is 1.95 bits per heavy atom. The van der Waals surface area contributed by atoms with Gasteiger partial charge in [0.25, 0.3) is 0 Å². The van der Waals surface area contributed by atoms with Crippen molar-refractivity contribution in [3.05, 3.63) is 35.0 Å². The lowest BCUT2D eigenvalue weighted by Crippen LogP contribution is -2.17. The molecule has 0 amide bonds. The number of methoxy groups -OCH3 is 2. The van der Waals surface area contributed by atoms with Gasteiger partial charge in [0.05, 0.1) is 25.5 Å². The van der Waals surface area contributed by atoms with Crippen molar-refractivity contribution in [2.75, 3.05) is 34.9 Å². The molecule has 0 N–H and O–H groups in total. The molecule has 1 aliphatic rings. The van der Waals surface area contributed by atoms with Crippen molar-refractivity contribution >= 4 is 5.71 Å². The third-order valence-electron chi connectivity index (χ3n) is 3.28. The minimum Gasteiger partial charge on any atom is -0.493 e. The van der Waals surface area contributed by atoms with Gasteiger partial charge >= 0.3 is 0 Å². The van der Waals surface area contributed by atoms with Crippen molar-refractivity contribution in [1.29, 1.82) is 5.26 Å². The molecule has 2 rings (SSSR count). The van der Waals surface area contributed by atoms with Crippen molar-refractivity contribution in [2.24, 2.45) is 4.99 Å². The van der Waals surface area contributed by atoms with Gasteiger partial charge in [0.15, 0.2) is 11.5 Å². The number of rotatable bonds is 4. The Kier molecular flexibility index (Phi) is 4.49. The van der Waals surface area contributed by atoms with E-state index in [-0.39, 0.29) is 0 Å². The lowest BCUT2D eigenvalue weighted by Gasteiger charge is -2.20. The molecule has 1 aromatic carbocycles. The van der Waals surface area contributed by atoms with E-state index >= 15 is 0 Å². The number of nitrogens with zero attached hydrogens (tertiary/aromatic N) is 3. The number of hydrogen-bond donors (Lipinski definition) is 0. The number of hydrogen-bond acceptors (Lipinski definition) is 5. The molecule has 5 heteroatoms. The molecule has 0 bridgehead atoms. The molecule has 0 fully saturated rings. The lowest BCUT2D eigenvalue weighted by molar-refractivity contribution is 0.354. The smallest absolute Gasteiger partial charge is 0.161 e. The van der Waals surface area contributed by atoms with Crippen molar-refractivity contribution in [1.82, 2.24) is 4.90 Å². The average Bonchev–Trinajstić information content (AvgIpc) is 2.50. The van der Waals surface area contributed by atoms with Crippen LogP contribution in [-0.2, 0) is 6.42 Å². The molecule has 0 spiro atoms. The highest BCUT2D eigenvalue weighted by Gasteiger charge is 2.21. The molecule has 0 saturated heterocycles. The van der Waals surface area contributed by atoms with E-state index in [0.717, 1.165) is 17.5 Å². The molecular formula is C16H19N3O2.